The highest BCUT2D eigenvalue weighted by Gasteiger charge is 2.01. The Morgan fingerprint density at radius 2 is 1.80 bits per heavy atom. The van der Waals surface area contributed by atoms with Gasteiger partial charge in [-0.15, -0.1) is 0 Å². The Kier molecular flexibility index (Phi) is 4.39. The first-order valence-corrected chi connectivity index (χ1v) is 6.17. The third-order valence-corrected chi connectivity index (χ3v) is 2.81. The van der Waals surface area contributed by atoms with Crippen LogP contribution in [0.15, 0.2) is 59.6 Å². The lowest BCUT2D eigenvalue weighted by molar-refractivity contribution is -0.384. The molecular weight excluding hydrogens is 252 g/mol. The number of aliphatic imine (C=N–C) groups is 1. The molecule has 0 aliphatic carbocycles. The molecule has 0 spiro atoms. The van der Waals surface area contributed by atoms with Crippen LogP contribution < -0.4 is 0 Å². The van der Waals surface area contributed by atoms with Crippen molar-refractivity contribution in [1.29, 1.82) is 0 Å². The van der Waals surface area contributed by atoms with Crippen LogP contribution in [0.25, 0.3) is 6.08 Å². The first-order chi connectivity index (χ1) is 9.66. The van der Waals surface area contributed by atoms with Gasteiger partial charge in [0.05, 0.1) is 10.6 Å². The second-order valence-electron chi connectivity index (χ2n) is 4.27. The molecule has 4 nitrogen and oxygen atoms in total. The molecule has 0 aliphatic rings. The maximum absolute atomic E-state index is 10.5. The van der Waals surface area contributed by atoms with Crippen LogP contribution in [0.1, 0.15) is 11.1 Å². The molecule has 0 aromatic heterocycles. The standard InChI is InChI=1S/C16H14N2O2/c1-13-5-2-3-7-16(13)17-12-4-6-14-8-10-15(11-9-14)18(19)20/h2-12H,1H3/b6-4+,17-12?. The monoisotopic (exact) mass is 266 g/mol. The lowest BCUT2D eigenvalue weighted by Gasteiger charge is -1.96. The molecular formula is C16H14N2O2. The predicted octanol–water partition coefficient (Wildman–Crippen LogP) is 4.32. The molecule has 100 valence electrons. The second kappa shape index (κ2) is 6.43. The van der Waals surface area contributed by atoms with Crippen molar-refractivity contribution in [1.82, 2.24) is 0 Å². The van der Waals surface area contributed by atoms with Crippen molar-refractivity contribution in [2.45, 2.75) is 6.92 Å². The van der Waals surface area contributed by atoms with Gasteiger partial charge in [0.1, 0.15) is 0 Å². The van der Waals surface area contributed by atoms with Gasteiger partial charge in [-0.05, 0) is 42.3 Å². The van der Waals surface area contributed by atoms with Crippen molar-refractivity contribution < 1.29 is 4.92 Å². The molecule has 4 heteroatoms. The van der Waals surface area contributed by atoms with Gasteiger partial charge in [0, 0.05) is 18.3 Å². The van der Waals surface area contributed by atoms with E-state index in [-0.39, 0.29) is 5.69 Å². The Labute approximate surface area is 117 Å². The molecule has 0 saturated heterocycles. The zero-order chi connectivity index (χ0) is 14.4. The molecule has 0 radical (unpaired) electrons. The quantitative estimate of drug-likeness (QED) is 0.470. The smallest absolute Gasteiger partial charge is 0.258 e. The Bertz CT molecular complexity index is 658. The SMILES string of the molecule is Cc1ccccc1N=C/C=C/c1ccc([N+](=O)[O-])cc1. The Morgan fingerprint density at radius 1 is 1.10 bits per heavy atom. The Morgan fingerprint density at radius 3 is 2.45 bits per heavy atom. The molecule has 2 rings (SSSR count). The van der Waals surface area contributed by atoms with E-state index in [0.29, 0.717) is 0 Å². The van der Waals surface area contributed by atoms with Crippen molar-refractivity contribution in [2.75, 3.05) is 0 Å². The molecule has 2 aromatic carbocycles. The highest BCUT2D eigenvalue weighted by Crippen LogP contribution is 2.16. The molecule has 0 amide bonds. The van der Waals surface area contributed by atoms with Gasteiger partial charge in [-0.2, -0.15) is 0 Å². The summed E-state index contributed by atoms with van der Waals surface area (Å²) in [4.78, 5) is 14.5. The van der Waals surface area contributed by atoms with E-state index in [1.54, 1.807) is 18.3 Å². The number of nitro benzene ring substituents is 1. The lowest BCUT2D eigenvalue weighted by Crippen LogP contribution is -1.86. The van der Waals surface area contributed by atoms with E-state index in [2.05, 4.69) is 4.99 Å². The number of nitro groups is 1. The summed E-state index contributed by atoms with van der Waals surface area (Å²) in [5, 5.41) is 10.5. The van der Waals surface area contributed by atoms with Gasteiger partial charge in [-0.1, -0.05) is 24.3 Å². The van der Waals surface area contributed by atoms with Crippen LogP contribution in [0, 0.1) is 17.0 Å². The number of nitrogens with zero attached hydrogens (tertiary/aromatic N) is 2. The van der Waals surface area contributed by atoms with Crippen LogP contribution in [0.4, 0.5) is 11.4 Å². The lowest BCUT2D eigenvalue weighted by atomic mass is 10.2. The summed E-state index contributed by atoms with van der Waals surface area (Å²) in [5.74, 6) is 0. The van der Waals surface area contributed by atoms with Crippen LogP contribution in [0.3, 0.4) is 0 Å². The second-order valence-corrected chi connectivity index (χ2v) is 4.27. The van der Waals surface area contributed by atoms with Gasteiger partial charge in [-0.3, -0.25) is 15.1 Å². The third-order valence-electron chi connectivity index (χ3n) is 2.81. The van der Waals surface area contributed by atoms with E-state index >= 15 is 0 Å². The summed E-state index contributed by atoms with van der Waals surface area (Å²) >= 11 is 0. The minimum absolute atomic E-state index is 0.0933. The van der Waals surface area contributed by atoms with E-state index in [1.165, 1.54) is 12.1 Å². The maximum atomic E-state index is 10.5. The zero-order valence-electron chi connectivity index (χ0n) is 11.1. The first-order valence-electron chi connectivity index (χ1n) is 6.17. The van der Waals surface area contributed by atoms with Crippen LogP contribution in [0.5, 0.6) is 0 Å². The fraction of sp³-hybridized carbons (Fsp3) is 0.0625. The number of para-hydroxylation sites is 1. The molecule has 0 bridgehead atoms. The number of rotatable bonds is 4. The minimum atomic E-state index is -0.410. The molecule has 0 saturated carbocycles. The number of aryl methyl sites for hydroxylation is 1. The molecule has 2 aromatic rings. The van der Waals surface area contributed by atoms with Crippen LogP contribution in [-0.2, 0) is 0 Å². The van der Waals surface area contributed by atoms with Gasteiger partial charge in [-0.25, -0.2) is 0 Å². The third kappa shape index (κ3) is 3.62. The van der Waals surface area contributed by atoms with Gasteiger partial charge in [0.2, 0.25) is 0 Å². The van der Waals surface area contributed by atoms with Crippen molar-refractivity contribution in [3.05, 3.63) is 75.8 Å². The van der Waals surface area contributed by atoms with Crippen molar-refractivity contribution >= 4 is 23.7 Å². The zero-order valence-corrected chi connectivity index (χ0v) is 11.1. The average Bonchev–Trinajstić information content (AvgIpc) is 2.46. The molecule has 20 heavy (non-hydrogen) atoms. The van der Waals surface area contributed by atoms with Crippen LogP contribution >= 0.6 is 0 Å². The summed E-state index contributed by atoms with van der Waals surface area (Å²) in [5.41, 5.74) is 3.04. The normalized spacial score (nSPS) is 11.2. The fourth-order valence-corrected chi connectivity index (χ4v) is 1.69. The van der Waals surface area contributed by atoms with Crippen LogP contribution in [0.2, 0.25) is 0 Å². The Balaban J connectivity index is 2.03. The molecule has 0 heterocycles. The van der Waals surface area contributed by atoms with Crippen molar-refractivity contribution in [3.63, 3.8) is 0 Å². The molecule has 0 unspecified atom stereocenters. The van der Waals surface area contributed by atoms with Gasteiger partial charge >= 0.3 is 0 Å². The molecule has 0 fully saturated rings. The summed E-state index contributed by atoms with van der Waals surface area (Å²) in [6, 6.07) is 14.3. The van der Waals surface area contributed by atoms with Gasteiger partial charge < -0.3 is 0 Å². The van der Waals surface area contributed by atoms with Crippen molar-refractivity contribution in [3.8, 4) is 0 Å². The van der Waals surface area contributed by atoms with E-state index < -0.39 is 4.92 Å². The van der Waals surface area contributed by atoms with E-state index in [0.717, 1.165) is 16.8 Å². The summed E-state index contributed by atoms with van der Waals surface area (Å²) in [7, 11) is 0. The number of non-ortho nitro benzene ring substituents is 1. The summed E-state index contributed by atoms with van der Waals surface area (Å²) in [6.45, 7) is 2.01. The van der Waals surface area contributed by atoms with Crippen LogP contribution in [-0.4, -0.2) is 11.1 Å². The van der Waals surface area contributed by atoms with Gasteiger partial charge in [0.15, 0.2) is 0 Å². The topological polar surface area (TPSA) is 55.5 Å². The van der Waals surface area contributed by atoms with E-state index in [1.807, 2.05) is 43.3 Å². The highest BCUT2D eigenvalue weighted by atomic mass is 16.6. The largest absolute Gasteiger partial charge is 0.269 e. The summed E-state index contributed by atoms with van der Waals surface area (Å²) < 4.78 is 0. The van der Waals surface area contributed by atoms with Crippen molar-refractivity contribution in [2.24, 2.45) is 4.99 Å². The Hall–Kier alpha value is -2.75. The van der Waals surface area contributed by atoms with E-state index in [4.69, 9.17) is 0 Å². The average molecular weight is 266 g/mol. The molecule has 0 aliphatic heterocycles. The summed E-state index contributed by atoms with van der Waals surface area (Å²) in [6.07, 6.45) is 5.38. The maximum Gasteiger partial charge on any atom is 0.269 e. The van der Waals surface area contributed by atoms with Gasteiger partial charge in [0.25, 0.3) is 5.69 Å². The predicted molar refractivity (Wildman–Crippen MR) is 81.5 cm³/mol. The minimum Gasteiger partial charge on any atom is -0.258 e. The fourth-order valence-electron chi connectivity index (χ4n) is 1.69. The highest BCUT2D eigenvalue weighted by molar-refractivity contribution is 5.80. The van der Waals surface area contributed by atoms with E-state index in [9.17, 15) is 10.1 Å². The molecule has 0 N–H and O–H groups in total. The number of hydrogen-bond donors (Lipinski definition) is 0. The molecule has 0 atom stereocenters. The number of benzene rings is 2. The number of hydrogen-bond acceptors (Lipinski definition) is 3. The first kappa shape index (κ1) is 13.7. The number of allylic oxidation sites excluding steroid dienone is 1.